The van der Waals surface area contributed by atoms with Crippen LogP contribution in [-0.4, -0.2) is 30.4 Å². The zero-order chi connectivity index (χ0) is 13.0. The third kappa shape index (κ3) is 3.56. The van der Waals surface area contributed by atoms with Crippen LogP contribution in [-0.2, 0) is 11.3 Å². The van der Waals surface area contributed by atoms with E-state index in [1.807, 2.05) is 11.3 Å². The molecule has 0 aromatic carbocycles. The van der Waals surface area contributed by atoms with Crippen molar-refractivity contribution in [3.63, 3.8) is 0 Å². The fourth-order valence-electron chi connectivity index (χ4n) is 2.62. The van der Waals surface area contributed by atoms with Crippen LogP contribution in [0.15, 0.2) is 12.1 Å². The van der Waals surface area contributed by atoms with Crippen molar-refractivity contribution < 1.29 is 4.79 Å². The zero-order valence-corrected chi connectivity index (χ0v) is 12.1. The van der Waals surface area contributed by atoms with E-state index in [1.54, 1.807) is 7.05 Å². The third-order valence-corrected chi connectivity index (χ3v) is 4.61. The van der Waals surface area contributed by atoms with Crippen LogP contribution in [0.1, 0.15) is 35.4 Å². The summed E-state index contributed by atoms with van der Waals surface area (Å²) < 4.78 is 0. The van der Waals surface area contributed by atoms with Gasteiger partial charge < -0.3 is 5.32 Å². The number of hydrogen-bond donors (Lipinski definition) is 1. The van der Waals surface area contributed by atoms with Gasteiger partial charge in [-0.1, -0.05) is 12.8 Å². The van der Waals surface area contributed by atoms with Gasteiger partial charge in [0.15, 0.2) is 0 Å². The molecule has 4 heteroatoms. The van der Waals surface area contributed by atoms with Crippen molar-refractivity contribution in [1.82, 2.24) is 10.2 Å². The molecule has 0 saturated heterocycles. The number of nitrogens with zero attached hydrogens (tertiary/aromatic N) is 1. The Labute approximate surface area is 113 Å². The molecule has 1 aromatic heterocycles. The molecule has 3 nitrogen and oxygen atoms in total. The molecule has 1 fully saturated rings. The Balaban J connectivity index is 2.01. The topological polar surface area (TPSA) is 32.3 Å². The standard InChI is InChI=1S/C14H22N2OS/c1-11-7-8-13(18-11)9-16(10-14(17)15-2)12-5-3-4-6-12/h7-8,12H,3-6,9-10H2,1-2H3,(H,15,17). The molecule has 1 N–H and O–H groups in total. The number of hydrogen-bond acceptors (Lipinski definition) is 3. The molecule has 1 amide bonds. The van der Waals surface area contributed by atoms with Crippen LogP contribution in [0.5, 0.6) is 0 Å². The van der Waals surface area contributed by atoms with Crippen molar-refractivity contribution in [1.29, 1.82) is 0 Å². The Bertz CT molecular complexity index is 396. The number of thiophene rings is 1. The maximum Gasteiger partial charge on any atom is 0.233 e. The van der Waals surface area contributed by atoms with Crippen molar-refractivity contribution in [2.24, 2.45) is 0 Å². The minimum absolute atomic E-state index is 0.121. The van der Waals surface area contributed by atoms with Crippen LogP contribution in [0, 0.1) is 6.92 Å². The highest BCUT2D eigenvalue weighted by Gasteiger charge is 2.24. The van der Waals surface area contributed by atoms with Gasteiger partial charge in [-0.05, 0) is 31.9 Å². The number of rotatable bonds is 5. The van der Waals surface area contributed by atoms with Gasteiger partial charge in [-0.15, -0.1) is 11.3 Å². The normalized spacial score (nSPS) is 16.4. The van der Waals surface area contributed by atoms with Crippen molar-refractivity contribution in [3.8, 4) is 0 Å². The summed E-state index contributed by atoms with van der Waals surface area (Å²) in [5.41, 5.74) is 0. The molecular weight excluding hydrogens is 244 g/mol. The lowest BCUT2D eigenvalue weighted by Crippen LogP contribution is -2.40. The largest absolute Gasteiger partial charge is 0.358 e. The lowest BCUT2D eigenvalue weighted by atomic mass is 10.2. The molecule has 0 unspecified atom stereocenters. The first-order valence-corrected chi connectivity index (χ1v) is 7.50. The molecular formula is C14H22N2OS. The summed E-state index contributed by atoms with van der Waals surface area (Å²) >= 11 is 1.84. The van der Waals surface area contributed by atoms with E-state index in [-0.39, 0.29) is 5.91 Å². The molecule has 0 atom stereocenters. The Morgan fingerprint density at radius 2 is 2.17 bits per heavy atom. The second kappa shape index (κ2) is 6.34. The smallest absolute Gasteiger partial charge is 0.233 e. The summed E-state index contributed by atoms with van der Waals surface area (Å²) in [5, 5.41) is 2.73. The maximum absolute atomic E-state index is 11.6. The van der Waals surface area contributed by atoms with Crippen LogP contribution in [0.4, 0.5) is 0 Å². The van der Waals surface area contributed by atoms with Crippen LogP contribution in [0.25, 0.3) is 0 Å². The highest BCUT2D eigenvalue weighted by atomic mass is 32.1. The second-order valence-corrected chi connectivity index (χ2v) is 6.40. The van der Waals surface area contributed by atoms with Gasteiger partial charge >= 0.3 is 0 Å². The molecule has 1 aliphatic carbocycles. The lowest BCUT2D eigenvalue weighted by Gasteiger charge is -2.27. The van der Waals surface area contributed by atoms with E-state index >= 15 is 0 Å². The summed E-state index contributed by atoms with van der Waals surface area (Å²) in [7, 11) is 1.71. The summed E-state index contributed by atoms with van der Waals surface area (Å²) in [6, 6.07) is 4.93. The first-order chi connectivity index (χ1) is 8.69. The highest BCUT2D eigenvalue weighted by molar-refractivity contribution is 7.11. The van der Waals surface area contributed by atoms with Gasteiger partial charge in [0.05, 0.1) is 6.54 Å². The van der Waals surface area contributed by atoms with E-state index in [0.717, 1.165) is 6.54 Å². The van der Waals surface area contributed by atoms with E-state index in [0.29, 0.717) is 12.6 Å². The van der Waals surface area contributed by atoms with Crippen LogP contribution in [0.2, 0.25) is 0 Å². The van der Waals surface area contributed by atoms with Gasteiger partial charge in [-0.2, -0.15) is 0 Å². The Morgan fingerprint density at radius 3 is 2.72 bits per heavy atom. The predicted octanol–water partition coefficient (Wildman–Crippen LogP) is 2.55. The minimum atomic E-state index is 0.121. The van der Waals surface area contributed by atoms with Gasteiger partial charge in [0.25, 0.3) is 0 Å². The monoisotopic (exact) mass is 266 g/mol. The van der Waals surface area contributed by atoms with E-state index in [2.05, 4.69) is 29.3 Å². The van der Waals surface area contributed by atoms with Gasteiger partial charge in [0.1, 0.15) is 0 Å². The maximum atomic E-state index is 11.6. The molecule has 0 bridgehead atoms. The molecule has 0 radical (unpaired) electrons. The van der Waals surface area contributed by atoms with Crippen molar-refractivity contribution in [3.05, 3.63) is 21.9 Å². The van der Waals surface area contributed by atoms with E-state index < -0.39 is 0 Å². The molecule has 2 rings (SSSR count). The lowest BCUT2D eigenvalue weighted by molar-refractivity contribution is -0.122. The molecule has 1 aromatic rings. The number of carbonyl (C=O) groups is 1. The summed E-state index contributed by atoms with van der Waals surface area (Å²) in [6.45, 7) is 3.57. The zero-order valence-electron chi connectivity index (χ0n) is 11.2. The highest BCUT2D eigenvalue weighted by Crippen LogP contribution is 2.26. The van der Waals surface area contributed by atoms with Crippen LogP contribution >= 0.6 is 11.3 Å². The van der Waals surface area contributed by atoms with Crippen molar-refractivity contribution in [2.45, 2.75) is 45.2 Å². The van der Waals surface area contributed by atoms with Crippen LogP contribution in [0.3, 0.4) is 0 Å². The quantitative estimate of drug-likeness (QED) is 0.888. The molecule has 1 heterocycles. The van der Waals surface area contributed by atoms with Gasteiger partial charge in [-0.3, -0.25) is 9.69 Å². The Morgan fingerprint density at radius 1 is 1.44 bits per heavy atom. The van der Waals surface area contributed by atoms with Crippen molar-refractivity contribution >= 4 is 17.2 Å². The van der Waals surface area contributed by atoms with Crippen molar-refractivity contribution in [2.75, 3.05) is 13.6 Å². The molecule has 0 spiro atoms. The molecule has 18 heavy (non-hydrogen) atoms. The third-order valence-electron chi connectivity index (χ3n) is 3.62. The van der Waals surface area contributed by atoms with E-state index in [1.165, 1.54) is 35.4 Å². The summed E-state index contributed by atoms with van der Waals surface area (Å²) in [6.07, 6.45) is 5.08. The molecule has 100 valence electrons. The molecule has 0 aliphatic heterocycles. The average molecular weight is 266 g/mol. The average Bonchev–Trinajstić information content (AvgIpc) is 2.99. The van der Waals surface area contributed by atoms with Crippen LogP contribution < -0.4 is 5.32 Å². The Kier molecular flexibility index (Phi) is 4.78. The predicted molar refractivity (Wildman–Crippen MR) is 75.8 cm³/mol. The van der Waals surface area contributed by atoms with Gasteiger partial charge in [0.2, 0.25) is 5.91 Å². The SMILES string of the molecule is CNC(=O)CN(Cc1ccc(C)s1)C1CCCC1. The fourth-order valence-corrected chi connectivity index (χ4v) is 3.53. The number of carbonyl (C=O) groups excluding carboxylic acids is 1. The van der Waals surface area contributed by atoms with Gasteiger partial charge in [-0.25, -0.2) is 0 Å². The number of aryl methyl sites for hydroxylation is 1. The first kappa shape index (κ1) is 13.6. The van der Waals surface area contributed by atoms with Gasteiger partial charge in [0, 0.05) is 29.4 Å². The number of amides is 1. The van der Waals surface area contributed by atoms with E-state index in [9.17, 15) is 4.79 Å². The fraction of sp³-hybridized carbons (Fsp3) is 0.643. The molecule has 1 saturated carbocycles. The van der Waals surface area contributed by atoms with E-state index in [4.69, 9.17) is 0 Å². The Hall–Kier alpha value is -0.870. The summed E-state index contributed by atoms with van der Waals surface area (Å²) in [4.78, 5) is 16.7. The summed E-state index contributed by atoms with van der Waals surface area (Å²) in [5.74, 6) is 0.121. The second-order valence-electron chi connectivity index (χ2n) is 5.03. The molecule has 1 aliphatic rings. The number of likely N-dealkylation sites (N-methyl/N-ethyl adjacent to an activating group) is 1. The minimum Gasteiger partial charge on any atom is -0.358 e. The first-order valence-electron chi connectivity index (χ1n) is 6.69. The number of nitrogens with one attached hydrogen (secondary N) is 1.